The molecule has 5 heteroatoms. The molecule has 1 atom stereocenters. The number of ketones is 1. The zero-order chi connectivity index (χ0) is 19.3. The Morgan fingerprint density at radius 1 is 0.923 bits per heavy atom. The van der Waals surface area contributed by atoms with Crippen LogP contribution in [-0.2, 0) is 4.79 Å². The molecule has 0 aromatic heterocycles. The summed E-state index contributed by atoms with van der Waals surface area (Å²) in [5.41, 5.74) is 2.66. The lowest BCUT2D eigenvalue weighted by Crippen LogP contribution is -2.47. The van der Waals surface area contributed by atoms with Crippen molar-refractivity contribution in [3.8, 4) is 0 Å². The van der Waals surface area contributed by atoms with Gasteiger partial charge in [-0.05, 0) is 56.2 Å². The zero-order valence-corrected chi connectivity index (χ0v) is 15.5. The van der Waals surface area contributed by atoms with Crippen LogP contribution in [0, 0.1) is 12.8 Å². The van der Waals surface area contributed by atoms with Crippen LogP contribution >= 0.6 is 0 Å². The van der Waals surface area contributed by atoms with E-state index in [9.17, 15) is 14.4 Å². The van der Waals surface area contributed by atoms with Crippen molar-refractivity contribution in [3.63, 3.8) is 0 Å². The Hall–Kier alpha value is -2.95. The van der Waals surface area contributed by atoms with Gasteiger partial charge in [-0.1, -0.05) is 31.5 Å². The molecule has 136 valence electrons. The van der Waals surface area contributed by atoms with Crippen molar-refractivity contribution in [3.05, 3.63) is 65.2 Å². The first-order valence-corrected chi connectivity index (χ1v) is 8.57. The second-order valence-corrected chi connectivity index (χ2v) is 6.69. The van der Waals surface area contributed by atoms with Crippen molar-refractivity contribution in [1.29, 1.82) is 0 Å². The van der Waals surface area contributed by atoms with E-state index in [1.807, 2.05) is 32.9 Å². The van der Waals surface area contributed by atoms with Gasteiger partial charge in [-0.3, -0.25) is 14.4 Å². The number of carbonyl (C=O) groups excluding carboxylic acids is 3. The molecule has 0 radical (unpaired) electrons. The van der Waals surface area contributed by atoms with Gasteiger partial charge >= 0.3 is 0 Å². The van der Waals surface area contributed by atoms with Crippen LogP contribution in [0.1, 0.15) is 47.1 Å². The molecule has 1 unspecified atom stereocenters. The molecule has 26 heavy (non-hydrogen) atoms. The largest absolute Gasteiger partial charge is 0.340 e. The topological polar surface area (TPSA) is 75.3 Å². The fourth-order valence-electron chi connectivity index (χ4n) is 2.55. The van der Waals surface area contributed by atoms with E-state index in [1.54, 1.807) is 36.4 Å². The summed E-state index contributed by atoms with van der Waals surface area (Å²) in [6, 6.07) is 13.2. The van der Waals surface area contributed by atoms with Crippen LogP contribution in [0.5, 0.6) is 0 Å². The molecule has 0 fully saturated rings. The molecule has 5 nitrogen and oxygen atoms in total. The number of hydrogen-bond acceptors (Lipinski definition) is 3. The lowest BCUT2D eigenvalue weighted by atomic mass is 10.0. The van der Waals surface area contributed by atoms with Crippen LogP contribution in [0.2, 0.25) is 0 Å². The molecule has 0 aliphatic rings. The highest BCUT2D eigenvalue weighted by Crippen LogP contribution is 2.13. The first kappa shape index (κ1) is 19.4. The first-order chi connectivity index (χ1) is 12.3. The Labute approximate surface area is 153 Å². The Morgan fingerprint density at radius 3 is 2.12 bits per heavy atom. The molecule has 0 aliphatic carbocycles. The Kier molecular flexibility index (Phi) is 6.28. The van der Waals surface area contributed by atoms with Crippen molar-refractivity contribution in [2.75, 3.05) is 5.32 Å². The number of aryl methyl sites for hydroxylation is 1. The lowest BCUT2D eigenvalue weighted by molar-refractivity contribution is -0.118. The number of carbonyl (C=O) groups is 3. The third kappa shape index (κ3) is 5.02. The van der Waals surface area contributed by atoms with Crippen molar-refractivity contribution in [2.24, 2.45) is 5.92 Å². The number of anilines is 1. The van der Waals surface area contributed by atoms with Crippen LogP contribution in [-0.4, -0.2) is 23.6 Å². The van der Waals surface area contributed by atoms with Gasteiger partial charge in [0.15, 0.2) is 5.78 Å². The minimum absolute atomic E-state index is 0.0339. The van der Waals surface area contributed by atoms with Gasteiger partial charge in [0.25, 0.3) is 5.91 Å². The maximum absolute atomic E-state index is 12.6. The molecular formula is C21H24N2O3. The van der Waals surface area contributed by atoms with Crippen molar-refractivity contribution in [1.82, 2.24) is 5.32 Å². The fraction of sp³-hybridized carbons (Fsp3) is 0.286. The molecule has 0 spiro atoms. The highest BCUT2D eigenvalue weighted by atomic mass is 16.2. The SMILES string of the molecule is CC(=O)c1ccc(NC(=O)C(NC(=O)c2cccc(C)c2)C(C)C)cc1. The summed E-state index contributed by atoms with van der Waals surface area (Å²) < 4.78 is 0. The van der Waals surface area contributed by atoms with Crippen molar-refractivity contribution >= 4 is 23.3 Å². The van der Waals surface area contributed by atoms with Crippen LogP contribution in [0.4, 0.5) is 5.69 Å². The molecule has 0 saturated heterocycles. The normalized spacial score (nSPS) is 11.7. The maximum Gasteiger partial charge on any atom is 0.251 e. The monoisotopic (exact) mass is 352 g/mol. The molecule has 2 rings (SSSR count). The predicted octanol–water partition coefficient (Wildman–Crippen LogP) is 3.59. The molecule has 2 aromatic carbocycles. The number of rotatable bonds is 6. The average molecular weight is 352 g/mol. The van der Waals surface area contributed by atoms with E-state index >= 15 is 0 Å². The second-order valence-electron chi connectivity index (χ2n) is 6.69. The first-order valence-electron chi connectivity index (χ1n) is 8.57. The summed E-state index contributed by atoms with van der Waals surface area (Å²) >= 11 is 0. The van der Waals surface area contributed by atoms with E-state index < -0.39 is 6.04 Å². The van der Waals surface area contributed by atoms with Crippen molar-refractivity contribution < 1.29 is 14.4 Å². The van der Waals surface area contributed by atoms with Gasteiger partial charge in [0.1, 0.15) is 6.04 Å². The number of amides is 2. The summed E-state index contributed by atoms with van der Waals surface area (Å²) in [5.74, 6) is -0.695. The summed E-state index contributed by atoms with van der Waals surface area (Å²) in [6.07, 6.45) is 0. The van der Waals surface area contributed by atoms with Gasteiger partial charge in [-0.15, -0.1) is 0 Å². The molecule has 2 amide bonds. The van der Waals surface area contributed by atoms with Crippen LogP contribution in [0.25, 0.3) is 0 Å². The molecule has 0 bridgehead atoms. The van der Waals surface area contributed by atoms with Gasteiger partial charge in [0, 0.05) is 16.8 Å². The van der Waals surface area contributed by atoms with Crippen LogP contribution in [0.3, 0.4) is 0 Å². The van der Waals surface area contributed by atoms with E-state index in [1.165, 1.54) is 6.92 Å². The second kappa shape index (κ2) is 8.43. The van der Waals surface area contributed by atoms with Gasteiger partial charge < -0.3 is 10.6 Å². The van der Waals surface area contributed by atoms with E-state index in [-0.39, 0.29) is 23.5 Å². The summed E-state index contributed by atoms with van der Waals surface area (Å²) in [4.78, 5) is 36.4. The Morgan fingerprint density at radius 2 is 1.58 bits per heavy atom. The molecule has 2 N–H and O–H groups in total. The number of benzene rings is 2. The van der Waals surface area contributed by atoms with E-state index in [0.717, 1.165) is 5.56 Å². The molecule has 2 aromatic rings. The average Bonchev–Trinajstić information content (AvgIpc) is 2.59. The minimum atomic E-state index is -0.671. The Bertz CT molecular complexity index is 810. The van der Waals surface area contributed by atoms with E-state index in [4.69, 9.17) is 0 Å². The van der Waals surface area contributed by atoms with E-state index in [2.05, 4.69) is 10.6 Å². The van der Waals surface area contributed by atoms with E-state index in [0.29, 0.717) is 16.8 Å². The minimum Gasteiger partial charge on any atom is -0.340 e. The van der Waals surface area contributed by atoms with Crippen LogP contribution < -0.4 is 10.6 Å². The number of Topliss-reactive ketones (excluding diaryl/α,β-unsaturated/α-hetero) is 1. The summed E-state index contributed by atoms with van der Waals surface area (Å²) in [7, 11) is 0. The molecule has 0 heterocycles. The third-order valence-electron chi connectivity index (χ3n) is 4.07. The van der Waals surface area contributed by atoms with Crippen molar-refractivity contribution in [2.45, 2.75) is 33.7 Å². The highest BCUT2D eigenvalue weighted by molar-refractivity contribution is 6.01. The fourth-order valence-corrected chi connectivity index (χ4v) is 2.55. The highest BCUT2D eigenvalue weighted by Gasteiger charge is 2.24. The van der Waals surface area contributed by atoms with Gasteiger partial charge in [-0.2, -0.15) is 0 Å². The lowest BCUT2D eigenvalue weighted by Gasteiger charge is -2.22. The third-order valence-corrected chi connectivity index (χ3v) is 4.07. The quantitative estimate of drug-likeness (QED) is 0.780. The summed E-state index contributed by atoms with van der Waals surface area (Å²) in [6.45, 7) is 7.15. The molecule has 0 saturated carbocycles. The smallest absolute Gasteiger partial charge is 0.251 e. The Balaban J connectivity index is 2.09. The maximum atomic E-state index is 12.6. The number of hydrogen-bond donors (Lipinski definition) is 2. The zero-order valence-electron chi connectivity index (χ0n) is 15.5. The number of nitrogens with one attached hydrogen (secondary N) is 2. The van der Waals surface area contributed by atoms with Gasteiger partial charge in [0.05, 0.1) is 0 Å². The predicted molar refractivity (Wildman–Crippen MR) is 102 cm³/mol. The van der Waals surface area contributed by atoms with Crippen LogP contribution in [0.15, 0.2) is 48.5 Å². The van der Waals surface area contributed by atoms with Gasteiger partial charge in [0.2, 0.25) is 5.91 Å². The standard InChI is InChI=1S/C21H24N2O3/c1-13(2)19(23-20(25)17-7-5-6-14(3)12-17)21(26)22-18-10-8-16(9-11-18)15(4)24/h5-13,19H,1-4H3,(H,22,26)(H,23,25). The summed E-state index contributed by atoms with van der Waals surface area (Å²) in [5, 5.41) is 5.60. The molecular weight excluding hydrogens is 328 g/mol. The molecule has 0 aliphatic heterocycles. The van der Waals surface area contributed by atoms with Gasteiger partial charge in [-0.25, -0.2) is 0 Å².